The number of morpholine rings is 1. The van der Waals surface area contributed by atoms with Crippen molar-refractivity contribution in [2.24, 2.45) is 11.8 Å². The molecule has 1 N–H and O–H groups in total. The van der Waals surface area contributed by atoms with E-state index >= 15 is 0 Å². The van der Waals surface area contributed by atoms with Gasteiger partial charge in [-0.15, -0.1) is 0 Å². The first kappa shape index (κ1) is 19.5. The topological polar surface area (TPSA) is 67.9 Å². The molecule has 27 heavy (non-hydrogen) atoms. The minimum Gasteiger partial charge on any atom is -0.455 e. The molecule has 1 saturated carbocycles. The Morgan fingerprint density at radius 1 is 1.30 bits per heavy atom. The predicted molar refractivity (Wildman–Crippen MR) is 91.3 cm³/mol. The number of carbonyl (C=O) groups is 2. The third kappa shape index (κ3) is 4.91. The van der Waals surface area contributed by atoms with Gasteiger partial charge in [0.15, 0.2) is 6.61 Å². The molecule has 2 fully saturated rings. The van der Waals surface area contributed by atoms with E-state index in [0.29, 0.717) is 32.0 Å². The molecule has 2 atom stereocenters. The second-order valence-electron chi connectivity index (χ2n) is 6.80. The smallest absolute Gasteiger partial charge is 0.416 e. The Labute approximate surface area is 154 Å². The van der Waals surface area contributed by atoms with Gasteiger partial charge in [-0.1, -0.05) is 6.92 Å². The molecular formula is C18H21F3N2O4. The van der Waals surface area contributed by atoms with Crippen molar-refractivity contribution < 1.29 is 32.2 Å². The molecule has 0 bridgehead atoms. The van der Waals surface area contributed by atoms with Crippen LogP contribution in [0.5, 0.6) is 0 Å². The Bertz CT molecular complexity index is 717. The third-order valence-corrected chi connectivity index (χ3v) is 4.71. The van der Waals surface area contributed by atoms with Gasteiger partial charge in [0.2, 0.25) is 0 Å². The second-order valence-corrected chi connectivity index (χ2v) is 6.80. The number of halogens is 3. The monoisotopic (exact) mass is 386 g/mol. The van der Waals surface area contributed by atoms with Crippen LogP contribution in [0.4, 0.5) is 24.5 Å². The van der Waals surface area contributed by atoms with Gasteiger partial charge in [-0.05, 0) is 30.5 Å². The maximum absolute atomic E-state index is 13.0. The number of alkyl halides is 3. The number of amides is 1. The Kier molecular flexibility index (Phi) is 5.59. The van der Waals surface area contributed by atoms with Crippen molar-refractivity contribution in [3.63, 3.8) is 0 Å². The minimum absolute atomic E-state index is 0.0348. The lowest BCUT2D eigenvalue weighted by atomic mass is 10.1. The molecule has 1 aliphatic heterocycles. The lowest BCUT2D eigenvalue weighted by Crippen LogP contribution is -2.37. The molecule has 1 aromatic carbocycles. The van der Waals surface area contributed by atoms with Gasteiger partial charge >= 0.3 is 12.1 Å². The number of benzene rings is 1. The number of hydrogen-bond acceptors (Lipinski definition) is 5. The molecule has 1 aliphatic carbocycles. The van der Waals surface area contributed by atoms with Crippen LogP contribution in [-0.4, -0.2) is 44.8 Å². The fraction of sp³-hybridized carbons (Fsp3) is 0.556. The summed E-state index contributed by atoms with van der Waals surface area (Å²) in [7, 11) is 0. The zero-order valence-electron chi connectivity index (χ0n) is 14.8. The number of rotatable bonds is 5. The van der Waals surface area contributed by atoms with Crippen molar-refractivity contribution in [1.82, 2.24) is 0 Å². The molecule has 6 nitrogen and oxygen atoms in total. The largest absolute Gasteiger partial charge is 0.455 e. The molecule has 0 unspecified atom stereocenters. The first-order chi connectivity index (χ1) is 12.8. The van der Waals surface area contributed by atoms with Crippen molar-refractivity contribution in [3.05, 3.63) is 23.8 Å². The fourth-order valence-electron chi connectivity index (χ4n) is 2.97. The van der Waals surface area contributed by atoms with E-state index in [-0.39, 0.29) is 17.5 Å². The van der Waals surface area contributed by atoms with E-state index in [1.165, 1.54) is 6.07 Å². The highest BCUT2D eigenvalue weighted by Gasteiger charge is 2.40. The lowest BCUT2D eigenvalue weighted by molar-refractivity contribution is -0.148. The van der Waals surface area contributed by atoms with Crippen LogP contribution in [-0.2, 0) is 25.2 Å². The third-order valence-electron chi connectivity index (χ3n) is 4.71. The average molecular weight is 386 g/mol. The Morgan fingerprint density at radius 3 is 2.56 bits per heavy atom. The van der Waals surface area contributed by atoms with Gasteiger partial charge in [0.25, 0.3) is 5.91 Å². The molecule has 2 aliphatic rings. The van der Waals surface area contributed by atoms with Crippen LogP contribution >= 0.6 is 0 Å². The molecule has 1 amide bonds. The van der Waals surface area contributed by atoms with E-state index < -0.39 is 30.2 Å². The molecule has 0 aromatic heterocycles. The van der Waals surface area contributed by atoms with Crippen molar-refractivity contribution >= 4 is 23.3 Å². The summed E-state index contributed by atoms with van der Waals surface area (Å²) in [4.78, 5) is 25.7. The molecule has 1 saturated heterocycles. The summed E-state index contributed by atoms with van der Waals surface area (Å²) in [5.41, 5.74) is -0.354. The van der Waals surface area contributed by atoms with Crippen molar-refractivity contribution in [2.75, 3.05) is 43.1 Å². The molecule has 3 rings (SSSR count). The van der Waals surface area contributed by atoms with Gasteiger partial charge in [-0.25, -0.2) is 0 Å². The van der Waals surface area contributed by atoms with Crippen molar-refractivity contribution in [3.8, 4) is 0 Å². The maximum atomic E-state index is 13.0. The number of hydrogen-bond donors (Lipinski definition) is 1. The van der Waals surface area contributed by atoms with E-state index in [1.807, 2.05) is 11.8 Å². The zero-order chi connectivity index (χ0) is 19.6. The van der Waals surface area contributed by atoms with Gasteiger partial charge in [-0.2, -0.15) is 13.2 Å². The highest BCUT2D eigenvalue weighted by Crippen LogP contribution is 2.38. The summed E-state index contributed by atoms with van der Waals surface area (Å²) in [6.45, 7) is 3.28. The van der Waals surface area contributed by atoms with E-state index in [0.717, 1.165) is 18.6 Å². The maximum Gasteiger partial charge on any atom is 0.416 e. The highest BCUT2D eigenvalue weighted by atomic mass is 19.4. The van der Waals surface area contributed by atoms with Crippen LogP contribution < -0.4 is 10.2 Å². The first-order valence-corrected chi connectivity index (χ1v) is 8.76. The van der Waals surface area contributed by atoms with E-state index in [9.17, 15) is 22.8 Å². The first-order valence-electron chi connectivity index (χ1n) is 8.76. The van der Waals surface area contributed by atoms with Crippen molar-refractivity contribution in [2.45, 2.75) is 19.5 Å². The van der Waals surface area contributed by atoms with E-state index in [2.05, 4.69) is 5.32 Å². The van der Waals surface area contributed by atoms with Crippen molar-refractivity contribution in [1.29, 1.82) is 0 Å². The normalized spacial score (nSPS) is 22.3. The zero-order valence-corrected chi connectivity index (χ0v) is 14.8. The summed E-state index contributed by atoms with van der Waals surface area (Å²) in [5, 5.41) is 2.45. The number of anilines is 2. The molecule has 0 spiro atoms. The average Bonchev–Trinajstić information content (AvgIpc) is 3.36. The van der Waals surface area contributed by atoms with Crippen LogP contribution in [0, 0.1) is 11.8 Å². The van der Waals surface area contributed by atoms with Crippen LogP contribution in [0.3, 0.4) is 0 Å². The van der Waals surface area contributed by atoms with Gasteiger partial charge in [0.05, 0.1) is 36.1 Å². The van der Waals surface area contributed by atoms with Crippen LogP contribution in [0.25, 0.3) is 0 Å². The Balaban J connectivity index is 1.72. The molecule has 1 heterocycles. The SMILES string of the molecule is C[C@@H]1C[C@@H]1C(=O)OCC(=O)Nc1cc(C(F)(F)F)ccc1N1CCOCC1. The number of nitrogens with one attached hydrogen (secondary N) is 1. The number of ether oxygens (including phenoxy) is 2. The van der Waals surface area contributed by atoms with Gasteiger partial charge in [0.1, 0.15) is 0 Å². The lowest BCUT2D eigenvalue weighted by Gasteiger charge is -2.31. The predicted octanol–water partition coefficient (Wildman–Crippen LogP) is 2.68. The minimum atomic E-state index is -4.53. The van der Waals surface area contributed by atoms with Gasteiger partial charge in [0, 0.05) is 13.1 Å². The molecule has 0 radical (unpaired) electrons. The summed E-state index contributed by atoms with van der Waals surface area (Å²) >= 11 is 0. The molecule has 9 heteroatoms. The quantitative estimate of drug-likeness (QED) is 0.788. The Morgan fingerprint density at radius 2 is 1.96 bits per heavy atom. The molecule has 1 aromatic rings. The molecule has 148 valence electrons. The second kappa shape index (κ2) is 7.75. The van der Waals surface area contributed by atoms with Crippen LogP contribution in [0.15, 0.2) is 18.2 Å². The summed E-state index contributed by atoms with van der Waals surface area (Å²) < 4.78 is 49.4. The Hall–Kier alpha value is -2.29. The van der Waals surface area contributed by atoms with Gasteiger partial charge < -0.3 is 19.7 Å². The van der Waals surface area contributed by atoms with E-state index in [1.54, 1.807) is 0 Å². The van der Waals surface area contributed by atoms with Gasteiger partial charge in [-0.3, -0.25) is 9.59 Å². The van der Waals surface area contributed by atoms with Crippen LogP contribution in [0.2, 0.25) is 0 Å². The summed E-state index contributed by atoms with van der Waals surface area (Å²) in [5.74, 6) is -1.06. The van der Waals surface area contributed by atoms with E-state index in [4.69, 9.17) is 9.47 Å². The highest BCUT2D eigenvalue weighted by molar-refractivity contribution is 5.96. The fourth-order valence-corrected chi connectivity index (χ4v) is 2.97. The standard InChI is InChI=1S/C18H21F3N2O4/c1-11-8-13(11)17(25)27-10-16(24)22-14-9-12(18(19,20)21)2-3-15(14)23-4-6-26-7-5-23/h2-3,9,11,13H,4-8,10H2,1H3,(H,22,24)/t11-,13+/m1/s1. The molecular weight excluding hydrogens is 365 g/mol. The van der Waals surface area contributed by atoms with Crippen LogP contribution in [0.1, 0.15) is 18.9 Å². The number of esters is 1. The summed E-state index contributed by atoms with van der Waals surface area (Å²) in [6.07, 6.45) is -3.80. The number of nitrogens with zero attached hydrogens (tertiary/aromatic N) is 1. The number of carbonyl (C=O) groups excluding carboxylic acids is 2. The summed E-state index contributed by atoms with van der Waals surface area (Å²) in [6, 6.07) is 3.21.